The molecule has 0 fully saturated rings. The molecular weight excluding hydrogens is 332 g/mol. The van der Waals surface area contributed by atoms with E-state index >= 15 is 0 Å². The van der Waals surface area contributed by atoms with Crippen LogP contribution < -0.4 is 0 Å². The normalized spacial score (nSPS) is 12.3. The van der Waals surface area contributed by atoms with Crippen LogP contribution in [0.4, 0.5) is 0 Å². The van der Waals surface area contributed by atoms with Crippen LogP contribution in [0.3, 0.4) is 0 Å². The Hall–Kier alpha value is -1.82. The highest BCUT2D eigenvalue weighted by molar-refractivity contribution is 7.99. The molecule has 1 unspecified atom stereocenters. The highest BCUT2D eigenvalue weighted by atomic mass is 35.5. The standard InChI is InChI=1S/C17H15ClN2O2S/c1-11-5-7-12(8-6-11)16-19-20-17(22-16)23-10-15(21)13-3-2-4-14(18)9-13/h2-9,15,21H,10H2,1H3. The monoisotopic (exact) mass is 346 g/mol. The molecule has 1 aromatic heterocycles. The average Bonchev–Trinajstić information content (AvgIpc) is 3.02. The van der Waals surface area contributed by atoms with Gasteiger partial charge >= 0.3 is 0 Å². The number of rotatable bonds is 5. The number of thioether (sulfide) groups is 1. The van der Waals surface area contributed by atoms with Gasteiger partial charge in [-0.3, -0.25) is 0 Å². The molecule has 118 valence electrons. The Balaban J connectivity index is 1.64. The van der Waals surface area contributed by atoms with Crippen molar-refractivity contribution in [1.82, 2.24) is 10.2 Å². The zero-order chi connectivity index (χ0) is 16.2. The number of nitrogens with zero attached hydrogens (tertiary/aromatic N) is 2. The molecule has 0 saturated heterocycles. The van der Waals surface area contributed by atoms with Gasteiger partial charge in [-0.2, -0.15) is 0 Å². The molecule has 0 spiro atoms. The van der Waals surface area contributed by atoms with E-state index in [2.05, 4.69) is 10.2 Å². The predicted molar refractivity (Wildman–Crippen MR) is 91.6 cm³/mol. The number of aliphatic hydroxyl groups is 1. The van der Waals surface area contributed by atoms with E-state index in [4.69, 9.17) is 16.0 Å². The lowest BCUT2D eigenvalue weighted by Crippen LogP contribution is -2.00. The van der Waals surface area contributed by atoms with Gasteiger partial charge < -0.3 is 9.52 Å². The van der Waals surface area contributed by atoms with Crippen LogP contribution in [0.5, 0.6) is 0 Å². The minimum Gasteiger partial charge on any atom is -0.411 e. The minimum absolute atomic E-state index is 0.413. The van der Waals surface area contributed by atoms with Crippen molar-refractivity contribution in [1.29, 1.82) is 0 Å². The van der Waals surface area contributed by atoms with E-state index < -0.39 is 6.10 Å². The number of hydrogen-bond acceptors (Lipinski definition) is 5. The van der Waals surface area contributed by atoms with Crippen molar-refractivity contribution >= 4 is 23.4 Å². The van der Waals surface area contributed by atoms with Crippen LogP contribution in [0.25, 0.3) is 11.5 Å². The summed E-state index contributed by atoms with van der Waals surface area (Å²) < 4.78 is 5.62. The lowest BCUT2D eigenvalue weighted by atomic mass is 10.1. The quantitative estimate of drug-likeness (QED) is 0.688. The first-order valence-electron chi connectivity index (χ1n) is 7.09. The maximum atomic E-state index is 10.2. The Bertz CT molecular complexity index is 789. The Morgan fingerprint density at radius 3 is 2.70 bits per heavy atom. The van der Waals surface area contributed by atoms with E-state index in [1.165, 1.54) is 17.3 Å². The number of aliphatic hydroxyl groups excluding tert-OH is 1. The molecule has 1 heterocycles. The second-order valence-electron chi connectivity index (χ2n) is 5.12. The summed E-state index contributed by atoms with van der Waals surface area (Å²) in [6, 6.07) is 15.0. The van der Waals surface area contributed by atoms with E-state index in [-0.39, 0.29) is 0 Å². The summed E-state index contributed by atoms with van der Waals surface area (Å²) in [4.78, 5) is 0. The van der Waals surface area contributed by atoms with Gasteiger partial charge in [0.25, 0.3) is 5.22 Å². The Morgan fingerprint density at radius 1 is 1.17 bits per heavy atom. The van der Waals surface area contributed by atoms with Crippen LogP contribution in [0.2, 0.25) is 5.02 Å². The Kier molecular flexibility index (Phi) is 5.00. The molecule has 3 aromatic rings. The zero-order valence-electron chi connectivity index (χ0n) is 12.4. The first-order valence-corrected chi connectivity index (χ1v) is 8.45. The first-order chi connectivity index (χ1) is 11.1. The molecule has 1 N–H and O–H groups in total. The fraction of sp³-hybridized carbons (Fsp3) is 0.176. The average molecular weight is 347 g/mol. The highest BCUT2D eigenvalue weighted by Crippen LogP contribution is 2.27. The summed E-state index contributed by atoms with van der Waals surface area (Å²) in [5, 5.41) is 19.3. The van der Waals surface area contributed by atoms with E-state index in [0.29, 0.717) is 21.9 Å². The lowest BCUT2D eigenvalue weighted by Gasteiger charge is -2.09. The Labute approximate surface area is 143 Å². The number of hydrogen-bond donors (Lipinski definition) is 1. The first kappa shape index (κ1) is 16.1. The molecule has 0 bridgehead atoms. The van der Waals surface area contributed by atoms with Crippen molar-refractivity contribution in [3.8, 4) is 11.5 Å². The van der Waals surface area contributed by atoms with Crippen LogP contribution in [0.15, 0.2) is 58.2 Å². The van der Waals surface area contributed by atoms with Crippen molar-refractivity contribution in [2.75, 3.05) is 5.75 Å². The van der Waals surface area contributed by atoms with Crippen molar-refractivity contribution in [3.63, 3.8) is 0 Å². The third-order valence-corrected chi connectivity index (χ3v) is 4.43. The SMILES string of the molecule is Cc1ccc(-c2nnc(SCC(O)c3cccc(Cl)c3)o2)cc1. The molecule has 3 rings (SSSR count). The molecule has 0 aliphatic heterocycles. The second-order valence-corrected chi connectivity index (χ2v) is 6.53. The van der Waals surface area contributed by atoms with Gasteiger partial charge in [0.1, 0.15) is 0 Å². The second kappa shape index (κ2) is 7.17. The van der Waals surface area contributed by atoms with Gasteiger partial charge in [0.05, 0.1) is 6.10 Å². The molecule has 0 amide bonds. The molecule has 0 aliphatic rings. The molecular formula is C17H15ClN2O2S. The number of aromatic nitrogens is 2. The van der Waals surface area contributed by atoms with Crippen molar-refractivity contribution in [2.24, 2.45) is 0 Å². The van der Waals surface area contributed by atoms with E-state index in [1.807, 2.05) is 43.3 Å². The largest absolute Gasteiger partial charge is 0.411 e. The van der Waals surface area contributed by atoms with Crippen LogP contribution in [0, 0.1) is 6.92 Å². The molecule has 6 heteroatoms. The van der Waals surface area contributed by atoms with Gasteiger partial charge in [0.15, 0.2) is 0 Å². The lowest BCUT2D eigenvalue weighted by molar-refractivity contribution is 0.204. The molecule has 1 atom stereocenters. The summed E-state index contributed by atoms with van der Waals surface area (Å²) >= 11 is 7.24. The Morgan fingerprint density at radius 2 is 1.96 bits per heavy atom. The summed E-state index contributed by atoms with van der Waals surface area (Å²) in [6.07, 6.45) is -0.645. The van der Waals surface area contributed by atoms with Gasteiger partial charge in [-0.15, -0.1) is 10.2 Å². The predicted octanol–water partition coefficient (Wildman–Crippen LogP) is 4.52. The van der Waals surface area contributed by atoms with Crippen molar-refractivity contribution < 1.29 is 9.52 Å². The van der Waals surface area contributed by atoms with Gasteiger partial charge in [0.2, 0.25) is 5.89 Å². The number of benzene rings is 2. The van der Waals surface area contributed by atoms with Gasteiger partial charge in [-0.05, 0) is 36.8 Å². The fourth-order valence-electron chi connectivity index (χ4n) is 2.04. The third-order valence-electron chi connectivity index (χ3n) is 3.30. The minimum atomic E-state index is -0.645. The van der Waals surface area contributed by atoms with Gasteiger partial charge in [-0.1, -0.05) is 53.2 Å². The molecule has 0 aliphatic carbocycles. The van der Waals surface area contributed by atoms with E-state index in [1.54, 1.807) is 12.1 Å². The topological polar surface area (TPSA) is 59.2 Å². The molecule has 4 nitrogen and oxygen atoms in total. The van der Waals surface area contributed by atoms with Gasteiger partial charge in [0, 0.05) is 16.3 Å². The summed E-state index contributed by atoms with van der Waals surface area (Å²) in [6.45, 7) is 2.02. The van der Waals surface area contributed by atoms with E-state index in [0.717, 1.165) is 11.1 Å². The molecule has 0 radical (unpaired) electrons. The maximum Gasteiger partial charge on any atom is 0.276 e. The summed E-state index contributed by atoms with van der Waals surface area (Å²) in [5.74, 6) is 0.889. The summed E-state index contributed by atoms with van der Waals surface area (Å²) in [7, 11) is 0. The smallest absolute Gasteiger partial charge is 0.276 e. The van der Waals surface area contributed by atoms with Crippen LogP contribution >= 0.6 is 23.4 Å². The van der Waals surface area contributed by atoms with E-state index in [9.17, 15) is 5.11 Å². The van der Waals surface area contributed by atoms with Crippen LogP contribution in [-0.4, -0.2) is 21.1 Å². The fourth-order valence-corrected chi connectivity index (χ4v) is 2.97. The third kappa shape index (κ3) is 4.13. The summed E-state index contributed by atoms with van der Waals surface area (Å²) in [5.41, 5.74) is 2.82. The van der Waals surface area contributed by atoms with Crippen molar-refractivity contribution in [2.45, 2.75) is 18.3 Å². The van der Waals surface area contributed by atoms with Gasteiger partial charge in [-0.25, -0.2) is 0 Å². The molecule has 2 aromatic carbocycles. The van der Waals surface area contributed by atoms with Crippen LogP contribution in [0.1, 0.15) is 17.2 Å². The van der Waals surface area contributed by atoms with Crippen LogP contribution in [-0.2, 0) is 0 Å². The number of aryl methyl sites for hydroxylation is 1. The highest BCUT2D eigenvalue weighted by Gasteiger charge is 2.13. The maximum absolute atomic E-state index is 10.2. The molecule has 23 heavy (non-hydrogen) atoms. The number of halogens is 1. The zero-order valence-corrected chi connectivity index (χ0v) is 14.0. The molecule has 0 saturated carbocycles. The van der Waals surface area contributed by atoms with Crippen molar-refractivity contribution in [3.05, 3.63) is 64.7 Å².